The van der Waals surface area contributed by atoms with Crippen LogP contribution in [0.4, 0.5) is 0 Å². The van der Waals surface area contributed by atoms with Crippen LogP contribution in [0, 0.1) is 0 Å². The van der Waals surface area contributed by atoms with E-state index in [9.17, 15) is 0 Å². The van der Waals surface area contributed by atoms with E-state index in [0.29, 0.717) is 5.57 Å². The Bertz CT molecular complexity index is 157. The van der Waals surface area contributed by atoms with Gasteiger partial charge in [-0.3, -0.25) is 4.99 Å². The highest BCUT2D eigenvalue weighted by atomic mass is 16.3. The van der Waals surface area contributed by atoms with Crippen LogP contribution in [0.3, 0.4) is 0 Å². The van der Waals surface area contributed by atoms with E-state index < -0.39 is 6.10 Å². The Labute approximate surface area is 61.6 Å². The van der Waals surface area contributed by atoms with E-state index in [1.165, 1.54) is 0 Å². The van der Waals surface area contributed by atoms with Gasteiger partial charge in [0.2, 0.25) is 0 Å². The second kappa shape index (κ2) is 4.94. The standard InChI is InChI=1S/C8H13NO/c1-7(8(2)10)5-4-6-9-3/h4-6,8,10H,1H2,2-3H3/b5-4-,9-6-. The minimum Gasteiger partial charge on any atom is -0.389 e. The zero-order valence-electron chi connectivity index (χ0n) is 6.41. The van der Waals surface area contributed by atoms with Gasteiger partial charge in [0.1, 0.15) is 0 Å². The summed E-state index contributed by atoms with van der Waals surface area (Å²) in [4.78, 5) is 3.73. The third-order valence-electron chi connectivity index (χ3n) is 1.08. The zero-order chi connectivity index (χ0) is 7.98. The summed E-state index contributed by atoms with van der Waals surface area (Å²) in [5.41, 5.74) is 0.694. The number of nitrogens with zero attached hydrogens (tertiary/aromatic N) is 1. The lowest BCUT2D eigenvalue weighted by atomic mass is 10.2. The molecule has 0 amide bonds. The Morgan fingerprint density at radius 2 is 2.30 bits per heavy atom. The number of hydrogen-bond donors (Lipinski definition) is 1. The first-order valence-electron chi connectivity index (χ1n) is 3.14. The fourth-order valence-electron chi connectivity index (χ4n) is 0.392. The molecular weight excluding hydrogens is 126 g/mol. The van der Waals surface area contributed by atoms with Gasteiger partial charge in [0.25, 0.3) is 0 Å². The summed E-state index contributed by atoms with van der Waals surface area (Å²) in [6.45, 7) is 5.30. The molecule has 1 N–H and O–H groups in total. The van der Waals surface area contributed by atoms with Crippen molar-refractivity contribution >= 4 is 6.21 Å². The Morgan fingerprint density at radius 1 is 1.70 bits per heavy atom. The molecule has 0 aromatic heterocycles. The molecule has 1 unspecified atom stereocenters. The summed E-state index contributed by atoms with van der Waals surface area (Å²) >= 11 is 0. The normalized spacial score (nSPS) is 14.7. The quantitative estimate of drug-likeness (QED) is 0.462. The lowest BCUT2D eigenvalue weighted by molar-refractivity contribution is 0.236. The average molecular weight is 139 g/mol. The predicted octanol–water partition coefficient (Wildman–Crippen LogP) is 1.18. The summed E-state index contributed by atoms with van der Waals surface area (Å²) in [5, 5.41) is 8.92. The van der Waals surface area contributed by atoms with Crippen LogP contribution >= 0.6 is 0 Å². The first-order valence-corrected chi connectivity index (χ1v) is 3.14. The molecule has 0 aliphatic heterocycles. The molecule has 0 radical (unpaired) electrons. The van der Waals surface area contributed by atoms with Crippen LogP contribution in [-0.2, 0) is 0 Å². The summed E-state index contributed by atoms with van der Waals surface area (Å²) in [6.07, 6.45) is 4.65. The van der Waals surface area contributed by atoms with E-state index in [1.807, 2.05) is 0 Å². The van der Waals surface area contributed by atoms with Crippen LogP contribution in [0.1, 0.15) is 6.92 Å². The van der Waals surface area contributed by atoms with Gasteiger partial charge in [0.15, 0.2) is 0 Å². The highest BCUT2D eigenvalue weighted by Crippen LogP contribution is 1.98. The van der Waals surface area contributed by atoms with Gasteiger partial charge in [-0.15, -0.1) is 0 Å². The van der Waals surface area contributed by atoms with Crippen LogP contribution in [0.25, 0.3) is 0 Å². The molecule has 0 saturated heterocycles. The first kappa shape index (κ1) is 9.11. The summed E-state index contributed by atoms with van der Waals surface area (Å²) in [7, 11) is 1.69. The van der Waals surface area contributed by atoms with Crippen molar-refractivity contribution in [2.45, 2.75) is 13.0 Å². The van der Waals surface area contributed by atoms with Crippen molar-refractivity contribution < 1.29 is 5.11 Å². The fourth-order valence-corrected chi connectivity index (χ4v) is 0.392. The van der Waals surface area contributed by atoms with Crippen molar-refractivity contribution in [3.8, 4) is 0 Å². The van der Waals surface area contributed by atoms with Crippen molar-refractivity contribution in [3.05, 3.63) is 24.3 Å². The molecule has 0 fully saturated rings. The minimum absolute atomic E-state index is 0.471. The fraction of sp³-hybridized carbons (Fsp3) is 0.375. The van der Waals surface area contributed by atoms with Crippen LogP contribution in [0.2, 0.25) is 0 Å². The van der Waals surface area contributed by atoms with E-state index in [0.717, 1.165) is 0 Å². The number of allylic oxidation sites excluding steroid dienone is 1. The molecule has 2 nitrogen and oxygen atoms in total. The Kier molecular flexibility index (Phi) is 4.50. The predicted molar refractivity (Wildman–Crippen MR) is 44.4 cm³/mol. The number of aliphatic hydroxyl groups excluding tert-OH is 1. The molecule has 0 aliphatic carbocycles. The lowest BCUT2D eigenvalue weighted by Gasteiger charge is -1.99. The van der Waals surface area contributed by atoms with Crippen molar-refractivity contribution in [2.24, 2.45) is 4.99 Å². The third kappa shape index (κ3) is 4.04. The molecule has 0 spiro atoms. The molecular formula is C8H13NO. The van der Waals surface area contributed by atoms with Crippen molar-refractivity contribution in [3.63, 3.8) is 0 Å². The molecule has 1 atom stereocenters. The molecule has 0 aromatic carbocycles. The van der Waals surface area contributed by atoms with E-state index in [1.54, 1.807) is 32.3 Å². The molecule has 0 heterocycles. The van der Waals surface area contributed by atoms with Crippen LogP contribution < -0.4 is 0 Å². The van der Waals surface area contributed by atoms with Gasteiger partial charge in [-0.25, -0.2) is 0 Å². The zero-order valence-corrected chi connectivity index (χ0v) is 6.41. The van der Waals surface area contributed by atoms with Crippen LogP contribution in [0.5, 0.6) is 0 Å². The smallest absolute Gasteiger partial charge is 0.0756 e. The molecule has 0 rings (SSSR count). The maximum absolute atomic E-state index is 8.92. The van der Waals surface area contributed by atoms with Crippen molar-refractivity contribution in [2.75, 3.05) is 7.05 Å². The monoisotopic (exact) mass is 139 g/mol. The van der Waals surface area contributed by atoms with Crippen LogP contribution in [0.15, 0.2) is 29.3 Å². The lowest BCUT2D eigenvalue weighted by Crippen LogP contribution is -1.99. The molecule has 2 heteroatoms. The second-order valence-corrected chi connectivity index (χ2v) is 2.02. The largest absolute Gasteiger partial charge is 0.389 e. The Hall–Kier alpha value is -0.890. The minimum atomic E-state index is -0.471. The van der Waals surface area contributed by atoms with Gasteiger partial charge in [0.05, 0.1) is 6.10 Å². The number of rotatable bonds is 3. The first-order chi connectivity index (χ1) is 4.68. The van der Waals surface area contributed by atoms with Crippen molar-refractivity contribution in [1.29, 1.82) is 0 Å². The number of hydrogen-bond acceptors (Lipinski definition) is 2. The maximum atomic E-state index is 8.92. The van der Waals surface area contributed by atoms with Gasteiger partial charge < -0.3 is 5.11 Å². The van der Waals surface area contributed by atoms with Gasteiger partial charge in [-0.2, -0.15) is 0 Å². The summed E-state index contributed by atoms with van der Waals surface area (Å²) in [6, 6.07) is 0. The third-order valence-corrected chi connectivity index (χ3v) is 1.08. The molecule has 0 aromatic rings. The van der Waals surface area contributed by atoms with Gasteiger partial charge in [-0.05, 0) is 18.6 Å². The topological polar surface area (TPSA) is 32.6 Å². The van der Waals surface area contributed by atoms with Gasteiger partial charge in [-0.1, -0.05) is 12.7 Å². The number of aliphatic imine (C=N–C) groups is 1. The van der Waals surface area contributed by atoms with E-state index >= 15 is 0 Å². The van der Waals surface area contributed by atoms with Gasteiger partial charge in [0, 0.05) is 13.3 Å². The van der Waals surface area contributed by atoms with E-state index in [-0.39, 0.29) is 0 Å². The Morgan fingerprint density at radius 3 is 2.70 bits per heavy atom. The van der Waals surface area contributed by atoms with Gasteiger partial charge >= 0.3 is 0 Å². The maximum Gasteiger partial charge on any atom is 0.0756 e. The van der Waals surface area contributed by atoms with Crippen LogP contribution in [-0.4, -0.2) is 24.5 Å². The average Bonchev–Trinajstić information content (AvgIpc) is 1.88. The van der Waals surface area contributed by atoms with E-state index in [4.69, 9.17) is 5.11 Å². The molecule has 0 saturated carbocycles. The highest BCUT2D eigenvalue weighted by molar-refractivity contribution is 5.71. The summed E-state index contributed by atoms with van der Waals surface area (Å²) in [5.74, 6) is 0. The molecule has 0 aliphatic rings. The Balaban J connectivity index is 3.78. The molecule has 0 bridgehead atoms. The SMILES string of the molecule is C=C(/C=C\C=N/C)C(C)O. The second-order valence-electron chi connectivity index (χ2n) is 2.02. The molecule has 56 valence electrons. The van der Waals surface area contributed by atoms with E-state index in [2.05, 4.69) is 11.6 Å². The number of aliphatic hydroxyl groups is 1. The highest BCUT2D eigenvalue weighted by Gasteiger charge is 1.93. The van der Waals surface area contributed by atoms with Crippen molar-refractivity contribution in [1.82, 2.24) is 0 Å². The molecule has 10 heavy (non-hydrogen) atoms. The summed E-state index contributed by atoms with van der Waals surface area (Å²) < 4.78 is 0.